The fraction of sp³-hybridized carbons (Fsp3) is 0.304. The Hall–Kier alpha value is -2.63. The molecule has 1 aliphatic heterocycles. The van der Waals surface area contributed by atoms with Crippen LogP contribution in [0.25, 0.3) is 10.9 Å². The van der Waals surface area contributed by atoms with Crippen molar-refractivity contribution in [1.82, 2.24) is 15.2 Å². The van der Waals surface area contributed by atoms with Crippen LogP contribution in [-0.4, -0.2) is 34.9 Å². The lowest BCUT2D eigenvalue weighted by atomic mass is 10.0. The number of halogens is 1. The molecule has 5 nitrogen and oxygen atoms in total. The maximum Gasteiger partial charge on any atom is 0.268 e. The monoisotopic (exact) mass is 409 g/mol. The molecule has 1 fully saturated rings. The van der Waals surface area contributed by atoms with Crippen LogP contribution in [-0.2, 0) is 6.54 Å². The van der Waals surface area contributed by atoms with Crippen molar-refractivity contribution in [2.24, 2.45) is 0 Å². The summed E-state index contributed by atoms with van der Waals surface area (Å²) in [5, 5.41) is 4.12. The average molecular weight is 410 g/mol. The summed E-state index contributed by atoms with van der Waals surface area (Å²) in [6, 6.07) is 15.5. The summed E-state index contributed by atoms with van der Waals surface area (Å²) in [4.78, 5) is 31.1. The lowest BCUT2D eigenvalue weighted by Crippen LogP contribution is -2.47. The lowest BCUT2D eigenvalue weighted by molar-refractivity contribution is 0.0895. The largest absolute Gasteiger partial charge is 0.350 e. The zero-order valence-corrected chi connectivity index (χ0v) is 17.1. The number of benzene rings is 2. The third-order valence-corrected chi connectivity index (χ3v) is 5.75. The van der Waals surface area contributed by atoms with E-state index in [4.69, 9.17) is 11.6 Å². The number of nitrogens with one attached hydrogen (secondary N) is 2. The molecule has 2 N–H and O–H groups in total. The van der Waals surface area contributed by atoms with Gasteiger partial charge >= 0.3 is 0 Å². The predicted molar refractivity (Wildman–Crippen MR) is 117 cm³/mol. The number of amides is 1. The maximum absolute atomic E-state index is 12.9. The minimum Gasteiger partial charge on any atom is -0.350 e. The van der Waals surface area contributed by atoms with Gasteiger partial charge in [-0.05, 0) is 50.1 Å². The van der Waals surface area contributed by atoms with E-state index in [1.807, 2.05) is 18.2 Å². The van der Waals surface area contributed by atoms with Crippen LogP contribution in [0.1, 0.15) is 34.5 Å². The summed E-state index contributed by atoms with van der Waals surface area (Å²) < 4.78 is 0. The average Bonchev–Trinajstić information content (AvgIpc) is 2.72. The highest BCUT2D eigenvalue weighted by molar-refractivity contribution is 6.31. The van der Waals surface area contributed by atoms with E-state index in [9.17, 15) is 9.59 Å². The first-order valence-electron chi connectivity index (χ1n) is 9.90. The number of pyridine rings is 1. The third-order valence-electron chi connectivity index (χ3n) is 5.52. The molecule has 2 heterocycles. The van der Waals surface area contributed by atoms with Gasteiger partial charge in [0.25, 0.3) is 5.91 Å². The molecule has 0 bridgehead atoms. The number of hydrogen-bond acceptors (Lipinski definition) is 3. The van der Waals surface area contributed by atoms with Crippen molar-refractivity contribution >= 4 is 28.4 Å². The van der Waals surface area contributed by atoms with Crippen molar-refractivity contribution in [3.05, 3.63) is 80.6 Å². The third kappa shape index (κ3) is 4.36. The first kappa shape index (κ1) is 19.7. The molecule has 3 aromatic rings. The van der Waals surface area contributed by atoms with Crippen LogP contribution in [0.15, 0.2) is 53.3 Å². The predicted octanol–water partition coefficient (Wildman–Crippen LogP) is 3.88. The highest BCUT2D eigenvalue weighted by Crippen LogP contribution is 2.18. The Morgan fingerprint density at radius 3 is 2.83 bits per heavy atom. The standard InChI is InChI=1S/C23H24ClN3O2/c1-15-21(26-20-10-9-17(24)12-19(20)22(15)28)23(29)25-18-8-5-11-27(14-18)13-16-6-3-2-4-7-16/h2-4,6-7,9-10,12,18H,5,8,11,13-14H2,1H3,(H,25,29)(H,26,28)/t18-/m0/s1. The van der Waals surface area contributed by atoms with Crippen molar-refractivity contribution in [3.63, 3.8) is 0 Å². The quantitative estimate of drug-likeness (QED) is 0.687. The Bertz CT molecular complexity index is 1090. The number of likely N-dealkylation sites (tertiary alicyclic amines) is 1. The van der Waals surface area contributed by atoms with Crippen molar-refractivity contribution < 1.29 is 4.79 Å². The summed E-state index contributed by atoms with van der Waals surface area (Å²) in [6.07, 6.45) is 1.97. The van der Waals surface area contributed by atoms with Gasteiger partial charge in [0.05, 0.1) is 0 Å². The molecule has 4 rings (SSSR count). The van der Waals surface area contributed by atoms with E-state index in [1.54, 1.807) is 25.1 Å². The molecule has 1 amide bonds. The highest BCUT2D eigenvalue weighted by Gasteiger charge is 2.23. The second kappa shape index (κ2) is 8.39. The molecule has 150 valence electrons. The van der Waals surface area contributed by atoms with Gasteiger partial charge in [0.15, 0.2) is 5.43 Å². The molecule has 1 atom stereocenters. The molecule has 0 spiro atoms. The molecular weight excluding hydrogens is 386 g/mol. The van der Waals surface area contributed by atoms with Crippen LogP contribution >= 0.6 is 11.6 Å². The van der Waals surface area contributed by atoms with Crippen LogP contribution in [0.3, 0.4) is 0 Å². The van der Waals surface area contributed by atoms with Crippen LogP contribution in [0.2, 0.25) is 5.02 Å². The van der Waals surface area contributed by atoms with Crippen molar-refractivity contribution in [2.75, 3.05) is 13.1 Å². The Morgan fingerprint density at radius 2 is 2.03 bits per heavy atom. The number of carbonyl (C=O) groups is 1. The molecule has 1 aliphatic rings. The number of hydrogen-bond donors (Lipinski definition) is 2. The van der Waals surface area contributed by atoms with Crippen LogP contribution in [0, 0.1) is 6.92 Å². The van der Waals surface area contributed by atoms with Crippen LogP contribution in [0.5, 0.6) is 0 Å². The Kier molecular flexibility index (Phi) is 5.69. The highest BCUT2D eigenvalue weighted by atomic mass is 35.5. The number of aromatic amines is 1. The number of fused-ring (bicyclic) bond motifs is 1. The molecule has 0 saturated carbocycles. The van der Waals surface area contributed by atoms with E-state index in [0.717, 1.165) is 32.5 Å². The summed E-state index contributed by atoms with van der Waals surface area (Å²) >= 11 is 6.01. The molecule has 6 heteroatoms. The number of carbonyl (C=O) groups excluding carboxylic acids is 1. The van der Waals surface area contributed by atoms with Gasteiger partial charge in [0.2, 0.25) is 0 Å². The molecular formula is C23H24ClN3O2. The SMILES string of the molecule is Cc1c(C(=O)N[C@H]2CCCN(Cc3ccccc3)C2)[nH]c2ccc(Cl)cc2c1=O. The number of piperidine rings is 1. The topological polar surface area (TPSA) is 65.2 Å². The Labute approximate surface area is 174 Å². The van der Waals surface area contributed by atoms with E-state index >= 15 is 0 Å². The van der Waals surface area contributed by atoms with Crippen LogP contribution in [0.4, 0.5) is 0 Å². The summed E-state index contributed by atoms with van der Waals surface area (Å²) in [5.74, 6) is -0.233. The lowest BCUT2D eigenvalue weighted by Gasteiger charge is -2.33. The van der Waals surface area contributed by atoms with Gasteiger partial charge < -0.3 is 10.3 Å². The van der Waals surface area contributed by atoms with E-state index in [2.05, 4.69) is 27.3 Å². The second-order valence-electron chi connectivity index (χ2n) is 7.68. The molecule has 29 heavy (non-hydrogen) atoms. The number of nitrogens with zero attached hydrogens (tertiary/aromatic N) is 1. The fourth-order valence-corrected chi connectivity index (χ4v) is 4.17. The first-order chi connectivity index (χ1) is 14.0. The van der Waals surface area contributed by atoms with Gasteiger partial charge in [-0.2, -0.15) is 0 Å². The fourth-order valence-electron chi connectivity index (χ4n) is 4.00. The Balaban J connectivity index is 1.49. The zero-order valence-electron chi connectivity index (χ0n) is 16.4. The second-order valence-corrected chi connectivity index (χ2v) is 8.11. The van der Waals surface area contributed by atoms with Gasteiger partial charge in [0.1, 0.15) is 5.69 Å². The first-order valence-corrected chi connectivity index (χ1v) is 10.3. The van der Waals surface area contributed by atoms with E-state index < -0.39 is 0 Å². The molecule has 1 aromatic heterocycles. The Morgan fingerprint density at radius 1 is 1.24 bits per heavy atom. The molecule has 0 radical (unpaired) electrons. The summed E-state index contributed by atoms with van der Waals surface area (Å²) in [7, 11) is 0. The smallest absolute Gasteiger partial charge is 0.268 e. The van der Waals surface area contributed by atoms with Crippen LogP contribution < -0.4 is 10.7 Å². The number of rotatable bonds is 4. The van der Waals surface area contributed by atoms with E-state index in [1.165, 1.54) is 5.56 Å². The summed E-state index contributed by atoms with van der Waals surface area (Å²) in [5.41, 5.74) is 2.46. The van der Waals surface area contributed by atoms with E-state index in [0.29, 0.717) is 27.2 Å². The van der Waals surface area contributed by atoms with Gasteiger partial charge in [-0.15, -0.1) is 0 Å². The minimum atomic E-state index is -0.233. The minimum absolute atomic E-state index is 0.0591. The molecule has 2 aromatic carbocycles. The molecule has 0 unspecified atom stereocenters. The normalized spacial score (nSPS) is 17.4. The molecule has 0 aliphatic carbocycles. The van der Waals surface area contributed by atoms with Gasteiger partial charge in [-0.3, -0.25) is 14.5 Å². The van der Waals surface area contributed by atoms with Gasteiger partial charge in [-0.1, -0.05) is 41.9 Å². The van der Waals surface area contributed by atoms with Crippen molar-refractivity contribution in [1.29, 1.82) is 0 Å². The van der Waals surface area contributed by atoms with E-state index in [-0.39, 0.29) is 17.4 Å². The molecule has 1 saturated heterocycles. The van der Waals surface area contributed by atoms with Gasteiger partial charge in [-0.25, -0.2) is 0 Å². The maximum atomic E-state index is 12.9. The van der Waals surface area contributed by atoms with Gasteiger partial charge in [0, 0.05) is 40.6 Å². The number of aromatic nitrogens is 1. The van der Waals surface area contributed by atoms with Crippen molar-refractivity contribution in [2.45, 2.75) is 32.4 Å². The van der Waals surface area contributed by atoms with Crippen molar-refractivity contribution in [3.8, 4) is 0 Å². The number of H-pyrrole nitrogens is 1. The zero-order chi connectivity index (χ0) is 20.4. The summed E-state index contributed by atoms with van der Waals surface area (Å²) in [6.45, 7) is 4.37.